The summed E-state index contributed by atoms with van der Waals surface area (Å²) in [6.07, 6.45) is 3.61. The summed E-state index contributed by atoms with van der Waals surface area (Å²) >= 11 is 0. The highest BCUT2D eigenvalue weighted by atomic mass is 16.2. The van der Waals surface area contributed by atoms with Crippen LogP contribution in [0.15, 0.2) is 48.5 Å². The first-order valence-corrected chi connectivity index (χ1v) is 10.5. The van der Waals surface area contributed by atoms with Crippen LogP contribution in [0.4, 0.5) is 21.9 Å². The molecule has 2 fully saturated rings. The predicted octanol–water partition coefficient (Wildman–Crippen LogP) is 4.20. The number of carbonyl (C=O) groups excluding carboxylic acids is 1. The molecule has 148 valence electrons. The molecule has 2 saturated heterocycles. The fourth-order valence-corrected chi connectivity index (χ4v) is 4.04. The van der Waals surface area contributed by atoms with Crippen molar-refractivity contribution < 1.29 is 4.79 Å². The highest BCUT2D eigenvalue weighted by molar-refractivity contribution is 5.89. The lowest BCUT2D eigenvalue weighted by Gasteiger charge is -2.36. The van der Waals surface area contributed by atoms with Gasteiger partial charge in [-0.2, -0.15) is 0 Å². The zero-order chi connectivity index (χ0) is 19.3. The molecule has 0 saturated carbocycles. The number of piperazine rings is 1. The van der Waals surface area contributed by atoms with Gasteiger partial charge in [0.05, 0.1) is 0 Å². The number of nitrogens with zero attached hydrogens (tertiary/aromatic N) is 3. The molecule has 28 heavy (non-hydrogen) atoms. The van der Waals surface area contributed by atoms with E-state index in [0.29, 0.717) is 0 Å². The number of anilines is 3. The van der Waals surface area contributed by atoms with Gasteiger partial charge in [-0.25, -0.2) is 4.79 Å². The molecule has 0 atom stereocenters. The minimum absolute atomic E-state index is 0.00622. The fourth-order valence-electron chi connectivity index (χ4n) is 4.04. The molecule has 2 heterocycles. The Kier molecular flexibility index (Phi) is 5.70. The summed E-state index contributed by atoms with van der Waals surface area (Å²) in [5, 5.41) is 3.02. The predicted molar refractivity (Wildman–Crippen MR) is 117 cm³/mol. The van der Waals surface area contributed by atoms with E-state index in [9.17, 15) is 4.79 Å². The Morgan fingerprint density at radius 1 is 0.786 bits per heavy atom. The summed E-state index contributed by atoms with van der Waals surface area (Å²) in [7, 11) is 0. The smallest absolute Gasteiger partial charge is 0.321 e. The first-order chi connectivity index (χ1) is 13.7. The summed E-state index contributed by atoms with van der Waals surface area (Å²) in [4.78, 5) is 19.3. The Morgan fingerprint density at radius 2 is 1.32 bits per heavy atom. The van der Waals surface area contributed by atoms with E-state index in [1.165, 1.54) is 42.9 Å². The van der Waals surface area contributed by atoms with Gasteiger partial charge < -0.3 is 20.0 Å². The molecule has 4 rings (SSSR count). The van der Waals surface area contributed by atoms with Gasteiger partial charge in [0.25, 0.3) is 0 Å². The summed E-state index contributed by atoms with van der Waals surface area (Å²) in [6, 6.07) is 17.0. The molecule has 1 N–H and O–H groups in total. The van der Waals surface area contributed by atoms with Crippen molar-refractivity contribution in [1.29, 1.82) is 0 Å². The van der Waals surface area contributed by atoms with Crippen LogP contribution in [-0.4, -0.2) is 50.2 Å². The second-order valence-corrected chi connectivity index (χ2v) is 7.67. The van der Waals surface area contributed by atoms with Gasteiger partial charge in [0, 0.05) is 56.3 Å². The molecule has 5 nitrogen and oxygen atoms in total. The standard InChI is InChI=1S/C23H30N4O/c1-2-19-5-7-20(8-6-19)24-23(28)27-17-15-26(16-18-27)22-11-9-21(10-12-22)25-13-3-4-14-25/h5-12H,2-4,13-18H2,1H3,(H,24,28). The molecule has 2 amide bonds. The van der Waals surface area contributed by atoms with E-state index in [1.54, 1.807) is 0 Å². The number of aryl methyl sites for hydroxylation is 1. The van der Waals surface area contributed by atoms with Crippen molar-refractivity contribution in [2.75, 3.05) is 54.4 Å². The van der Waals surface area contributed by atoms with E-state index in [0.717, 1.165) is 38.3 Å². The van der Waals surface area contributed by atoms with Gasteiger partial charge in [-0.1, -0.05) is 19.1 Å². The molecule has 2 aromatic rings. The molecule has 2 aliphatic rings. The lowest BCUT2D eigenvalue weighted by molar-refractivity contribution is 0.208. The molecule has 5 heteroatoms. The quantitative estimate of drug-likeness (QED) is 0.866. The van der Waals surface area contributed by atoms with Crippen LogP contribution >= 0.6 is 0 Å². The fraction of sp³-hybridized carbons (Fsp3) is 0.435. The highest BCUT2D eigenvalue weighted by Gasteiger charge is 2.21. The van der Waals surface area contributed by atoms with Crippen molar-refractivity contribution in [2.45, 2.75) is 26.2 Å². The normalized spacial score (nSPS) is 17.1. The lowest BCUT2D eigenvalue weighted by Crippen LogP contribution is -2.50. The average molecular weight is 379 g/mol. The van der Waals surface area contributed by atoms with Crippen molar-refractivity contribution in [3.8, 4) is 0 Å². The van der Waals surface area contributed by atoms with Crippen LogP contribution in [0, 0.1) is 0 Å². The average Bonchev–Trinajstić information content (AvgIpc) is 3.29. The largest absolute Gasteiger partial charge is 0.372 e. The van der Waals surface area contributed by atoms with E-state index in [1.807, 2.05) is 17.0 Å². The maximum absolute atomic E-state index is 12.5. The first kappa shape index (κ1) is 18.7. The van der Waals surface area contributed by atoms with Gasteiger partial charge in [-0.05, 0) is 61.2 Å². The zero-order valence-electron chi connectivity index (χ0n) is 16.7. The van der Waals surface area contributed by atoms with Crippen molar-refractivity contribution in [3.63, 3.8) is 0 Å². The summed E-state index contributed by atoms with van der Waals surface area (Å²) in [5.74, 6) is 0. The van der Waals surface area contributed by atoms with Crippen LogP contribution in [0.3, 0.4) is 0 Å². The van der Waals surface area contributed by atoms with Crippen molar-refractivity contribution >= 4 is 23.1 Å². The third kappa shape index (κ3) is 4.24. The molecular weight excluding hydrogens is 348 g/mol. The topological polar surface area (TPSA) is 38.8 Å². The minimum atomic E-state index is -0.00622. The van der Waals surface area contributed by atoms with Crippen molar-refractivity contribution in [3.05, 3.63) is 54.1 Å². The van der Waals surface area contributed by atoms with Gasteiger partial charge in [0.1, 0.15) is 0 Å². The third-order valence-corrected chi connectivity index (χ3v) is 5.87. The Balaban J connectivity index is 1.29. The highest BCUT2D eigenvalue weighted by Crippen LogP contribution is 2.24. The van der Waals surface area contributed by atoms with E-state index in [4.69, 9.17) is 0 Å². The SMILES string of the molecule is CCc1ccc(NC(=O)N2CCN(c3ccc(N4CCCC4)cc3)CC2)cc1. The number of carbonyl (C=O) groups is 1. The second kappa shape index (κ2) is 8.55. The zero-order valence-corrected chi connectivity index (χ0v) is 16.7. The Labute approximate surface area is 167 Å². The van der Waals surface area contributed by atoms with Crippen LogP contribution in [-0.2, 0) is 6.42 Å². The number of nitrogens with one attached hydrogen (secondary N) is 1. The van der Waals surface area contributed by atoms with Gasteiger partial charge in [0.15, 0.2) is 0 Å². The maximum atomic E-state index is 12.5. The number of amides is 2. The summed E-state index contributed by atoms with van der Waals surface area (Å²) < 4.78 is 0. The monoisotopic (exact) mass is 378 g/mol. The van der Waals surface area contributed by atoms with Gasteiger partial charge in [-0.15, -0.1) is 0 Å². The van der Waals surface area contributed by atoms with Crippen LogP contribution < -0.4 is 15.1 Å². The number of urea groups is 1. The Morgan fingerprint density at radius 3 is 1.86 bits per heavy atom. The van der Waals surface area contributed by atoms with Crippen LogP contribution in [0.25, 0.3) is 0 Å². The first-order valence-electron chi connectivity index (χ1n) is 10.5. The minimum Gasteiger partial charge on any atom is -0.372 e. The Bertz CT molecular complexity index is 773. The summed E-state index contributed by atoms with van der Waals surface area (Å²) in [6.45, 7) is 7.70. The van der Waals surface area contributed by atoms with Crippen LogP contribution in [0.1, 0.15) is 25.3 Å². The van der Waals surface area contributed by atoms with E-state index in [2.05, 4.69) is 58.4 Å². The molecule has 0 bridgehead atoms. The number of hydrogen-bond donors (Lipinski definition) is 1. The molecule has 2 aromatic carbocycles. The lowest BCUT2D eigenvalue weighted by atomic mass is 10.1. The molecule has 0 spiro atoms. The van der Waals surface area contributed by atoms with E-state index >= 15 is 0 Å². The van der Waals surface area contributed by atoms with Gasteiger partial charge in [0.2, 0.25) is 0 Å². The molecule has 0 aromatic heterocycles. The van der Waals surface area contributed by atoms with Crippen molar-refractivity contribution in [1.82, 2.24) is 4.90 Å². The van der Waals surface area contributed by atoms with E-state index < -0.39 is 0 Å². The van der Waals surface area contributed by atoms with E-state index in [-0.39, 0.29) is 6.03 Å². The van der Waals surface area contributed by atoms with Gasteiger partial charge >= 0.3 is 6.03 Å². The Hall–Kier alpha value is -2.69. The summed E-state index contributed by atoms with van der Waals surface area (Å²) in [5.41, 5.74) is 4.72. The molecular formula is C23H30N4O. The number of rotatable bonds is 4. The third-order valence-electron chi connectivity index (χ3n) is 5.87. The van der Waals surface area contributed by atoms with Gasteiger partial charge in [-0.3, -0.25) is 0 Å². The maximum Gasteiger partial charge on any atom is 0.321 e. The second-order valence-electron chi connectivity index (χ2n) is 7.67. The molecule has 0 aliphatic carbocycles. The molecule has 0 radical (unpaired) electrons. The molecule has 2 aliphatic heterocycles. The van der Waals surface area contributed by atoms with Crippen LogP contribution in [0.5, 0.6) is 0 Å². The number of benzene rings is 2. The van der Waals surface area contributed by atoms with Crippen LogP contribution in [0.2, 0.25) is 0 Å². The molecule has 0 unspecified atom stereocenters. The number of hydrogen-bond acceptors (Lipinski definition) is 3. The van der Waals surface area contributed by atoms with Crippen molar-refractivity contribution in [2.24, 2.45) is 0 Å².